The van der Waals surface area contributed by atoms with Crippen LogP contribution in [0, 0.1) is 5.92 Å². The number of hydrogen-bond acceptors (Lipinski definition) is 2. The van der Waals surface area contributed by atoms with Crippen molar-refractivity contribution in [3.8, 4) is 5.75 Å². The summed E-state index contributed by atoms with van der Waals surface area (Å²) in [6, 6.07) is 6.58. The van der Waals surface area contributed by atoms with Crippen LogP contribution in [0.1, 0.15) is 57.1 Å². The number of rotatable bonds is 3. The molecule has 3 rings (SSSR count). The van der Waals surface area contributed by atoms with Gasteiger partial charge in [-0.2, -0.15) is 0 Å². The van der Waals surface area contributed by atoms with E-state index in [-0.39, 0.29) is 6.10 Å². The third kappa shape index (κ3) is 2.89. The Morgan fingerprint density at radius 1 is 1.15 bits per heavy atom. The highest BCUT2D eigenvalue weighted by Crippen LogP contribution is 2.32. The van der Waals surface area contributed by atoms with Crippen molar-refractivity contribution in [1.82, 2.24) is 0 Å². The first kappa shape index (κ1) is 13.7. The van der Waals surface area contributed by atoms with Crippen LogP contribution in [0.5, 0.6) is 5.75 Å². The molecule has 1 aromatic carbocycles. The Balaban J connectivity index is 1.89. The first-order valence-corrected chi connectivity index (χ1v) is 8.08. The minimum absolute atomic E-state index is 0.228. The van der Waals surface area contributed by atoms with Crippen LogP contribution in [0.4, 0.5) is 0 Å². The molecule has 0 spiro atoms. The summed E-state index contributed by atoms with van der Waals surface area (Å²) in [4.78, 5) is 4.88. The van der Waals surface area contributed by atoms with Crippen LogP contribution in [-0.2, 0) is 6.42 Å². The number of nitrogens with zero attached hydrogens (tertiary/aromatic N) is 1. The topological polar surface area (TPSA) is 21.6 Å². The summed E-state index contributed by atoms with van der Waals surface area (Å²) >= 11 is 0. The number of benzene rings is 1. The number of aliphatic imine (C=N–C) groups is 1. The van der Waals surface area contributed by atoms with Gasteiger partial charge in [0, 0.05) is 23.7 Å². The van der Waals surface area contributed by atoms with Crippen molar-refractivity contribution >= 4 is 5.71 Å². The van der Waals surface area contributed by atoms with Crippen LogP contribution in [-0.4, -0.2) is 18.4 Å². The molecule has 1 saturated carbocycles. The smallest absolute Gasteiger partial charge is 0.120 e. The van der Waals surface area contributed by atoms with E-state index in [1.165, 1.54) is 48.9 Å². The van der Waals surface area contributed by atoms with Gasteiger partial charge in [-0.1, -0.05) is 25.3 Å². The van der Waals surface area contributed by atoms with Crippen LogP contribution >= 0.6 is 0 Å². The lowest BCUT2D eigenvalue weighted by Crippen LogP contribution is -2.24. The molecule has 108 valence electrons. The highest BCUT2D eigenvalue weighted by Gasteiger charge is 2.24. The van der Waals surface area contributed by atoms with Gasteiger partial charge in [0.25, 0.3) is 0 Å². The molecule has 2 heteroatoms. The van der Waals surface area contributed by atoms with Crippen LogP contribution in [0.3, 0.4) is 0 Å². The second kappa shape index (κ2) is 5.99. The summed E-state index contributed by atoms with van der Waals surface area (Å²) in [7, 11) is 0. The molecule has 1 aromatic rings. The Hall–Kier alpha value is -1.31. The SMILES string of the molecule is CC(C)Oc1ccc2c(c1)C(C1CCCCC1)=NCC2. The van der Waals surface area contributed by atoms with E-state index < -0.39 is 0 Å². The molecular formula is C18H25NO. The Bertz CT molecular complexity index is 498. The maximum atomic E-state index is 5.86. The van der Waals surface area contributed by atoms with Gasteiger partial charge in [0.2, 0.25) is 0 Å². The molecule has 0 bridgehead atoms. The maximum Gasteiger partial charge on any atom is 0.120 e. The van der Waals surface area contributed by atoms with E-state index in [4.69, 9.17) is 9.73 Å². The molecule has 0 radical (unpaired) electrons. The lowest BCUT2D eigenvalue weighted by molar-refractivity contribution is 0.242. The number of hydrogen-bond donors (Lipinski definition) is 0. The number of ether oxygens (including phenoxy) is 1. The summed E-state index contributed by atoms with van der Waals surface area (Å²) in [5.41, 5.74) is 4.18. The van der Waals surface area contributed by atoms with Crippen molar-refractivity contribution in [1.29, 1.82) is 0 Å². The monoisotopic (exact) mass is 271 g/mol. The van der Waals surface area contributed by atoms with Crippen molar-refractivity contribution < 1.29 is 4.74 Å². The molecule has 1 aliphatic carbocycles. The normalized spacial score (nSPS) is 19.6. The molecule has 0 aromatic heterocycles. The lowest BCUT2D eigenvalue weighted by Gasteiger charge is -2.27. The molecule has 0 unspecified atom stereocenters. The van der Waals surface area contributed by atoms with Gasteiger partial charge >= 0.3 is 0 Å². The molecule has 0 saturated heterocycles. The van der Waals surface area contributed by atoms with E-state index in [2.05, 4.69) is 32.0 Å². The third-order valence-electron chi connectivity index (χ3n) is 4.38. The fourth-order valence-corrected chi connectivity index (χ4v) is 3.46. The van der Waals surface area contributed by atoms with Crippen molar-refractivity contribution in [3.63, 3.8) is 0 Å². The van der Waals surface area contributed by atoms with Gasteiger partial charge in [-0.3, -0.25) is 4.99 Å². The average molecular weight is 271 g/mol. The molecule has 2 aliphatic rings. The van der Waals surface area contributed by atoms with E-state index in [0.29, 0.717) is 5.92 Å². The summed E-state index contributed by atoms with van der Waals surface area (Å²) in [5.74, 6) is 1.67. The Morgan fingerprint density at radius 3 is 2.70 bits per heavy atom. The molecule has 20 heavy (non-hydrogen) atoms. The first-order valence-electron chi connectivity index (χ1n) is 8.08. The van der Waals surface area contributed by atoms with Gasteiger partial charge < -0.3 is 4.74 Å². The Morgan fingerprint density at radius 2 is 1.95 bits per heavy atom. The van der Waals surface area contributed by atoms with E-state index in [1.807, 2.05) is 0 Å². The zero-order chi connectivity index (χ0) is 13.9. The fraction of sp³-hybridized carbons (Fsp3) is 0.611. The minimum Gasteiger partial charge on any atom is -0.491 e. The predicted molar refractivity (Wildman–Crippen MR) is 83.9 cm³/mol. The van der Waals surface area contributed by atoms with Crippen molar-refractivity contribution in [2.75, 3.05) is 6.54 Å². The molecule has 1 fully saturated rings. The fourth-order valence-electron chi connectivity index (χ4n) is 3.46. The summed E-state index contributed by atoms with van der Waals surface area (Å²) < 4.78 is 5.86. The summed E-state index contributed by atoms with van der Waals surface area (Å²) in [6.45, 7) is 5.12. The van der Waals surface area contributed by atoms with Gasteiger partial charge in [-0.05, 0) is 50.8 Å². The van der Waals surface area contributed by atoms with Crippen molar-refractivity contribution in [3.05, 3.63) is 29.3 Å². The Labute approximate surface area is 122 Å². The van der Waals surface area contributed by atoms with Gasteiger partial charge in [-0.25, -0.2) is 0 Å². The quantitative estimate of drug-likeness (QED) is 0.798. The second-order valence-electron chi connectivity index (χ2n) is 6.34. The van der Waals surface area contributed by atoms with E-state index in [0.717, 1.165) is 18.7 Å². The molecular weight excluding hydrogens is 246 g/mol. The maximum absolute atomic E-state index is 5.86. The van der Waals surface area contributed by atoms with Crippen molar-refractivity contribution in [2.45, 2.75) is 58.5 Å². The highest BCUT2D eigenvalue weighted by molar-refractivity contribution is 6.04. The van der Waals surface area contributed by atoms with Gasteiger partial charge in [0.1, 0.15) is 5.75 Å². The summed E-state index contributed by atoms with van der Waals surface area (Å²) in [5, 5.41) is 0. The minimum atomic E-state index is 0.228. The largest absolute Gasteiger partial charge is 0.491 e. The average Bonchev–Trinajstić information content (AvgIpc) is 2.47. The molecule has 2 nitrogen and oxygen atoms in total. The third-order valence-corrected chi connectivity index (χ3v) is 4.38. The molecule has 0 amide bonds. The van der Waals surface area contributed by atoms with Gasteiger partial charge in [-0.15, -0.1) is 0 Å². The predicted octanol–water partition coefficient (Wildman–Crippen LogP) is 4.40. The molecule has 0 N–H and O–H groups in total. The zero-order valence-electron chi connectivity index (χ0n) is 12.7. The number of fused-ring (bicyclic) bond motifs is 1. The first-order chi connectivity index (χ1) is 9.74. The Kier molecular flexibility index (Phi) is 4.09. The van der Waals surface area contributed by atoms with Crippen LogP contribution in [0.25, 0.3) is 0 Å². The highest BCUT2D eigenvalue weighted by atomic mass is 16.5. The van der Waals surface area contributed by atoms with Crippen LogP contribution in [0.2, 0.25) is 0 Å². The van der Waals surface area contributed by atoms with E-state index in [9.17, 15) is 0 Å². The van der Waals surface area contributed by atoms with Crippen LogP contribution in [0.15, 0.2) is 23.2 Å². The van der Waals surface area contributed by atoms with E-state index in [1.54, 1.807) is 0 Å². The van der Waals surface area contributed by atoms with E-state index >= 15 is 0 Å². The molecule has 0 atom stereocenters. The molecule has 1 heterocycles. The van der Waals surface area contributed by atoms with Gasteiger partial charge in [0.15, 0.2) is 0 Å². The van der Waals surface area contributed by atoms with Crippen LogP contribution < -0.4 is 4.74 Å². The second-order valence-corrected chi connectivity index (χ2v) is 6.34. The zero-order valence-corrected chi connectivity index (χ0v) is 12.7. The molecule has 1 aliphatic heterocycles. The summed E-state index contributed by atoms with van der Waals surface area (Å²) in [6.07, 6.45) is 8.05. The standard InChI is InChI=1S/C18H25NO/c1-13(2)20-16-9-8-14-10-11-19-18(17(14)12-16)15-6-4-3-5-7-15/h8-9,12-13,15H,3-7,10-11H2,1-2H3. The van der Waals surface area contributed by atoms with Crippen molar-refractivity contribution in [2.24, 2.45) is 10.9 Å². The van der Waals surface area contributed by atoms with Gasteiger partial charge in [0.05, 0.1) is 6.10 Å². The lowest BCUT2D eigenvalue weighted by atomic mass is 9.81.